The lowest BCUT2D eigenvalue weighted by Crippen LogP contribution is -2.32. The van der Waals surface area contributed by atoms with E-state index in [0.717, 1.165) is 18.6 Å². The molecule has 2 aliphatic heterocycles. The number of benzene rings is 2. The number of nitrogens with one attached hydrogen (secondary N) is 1. The van der Waals surface area contributed by atoms with Crippen molar-refractivity contribution in [2.75, 3.05) is 31.6 Å². The summed E-state index contributed by atoms with van der Waals surface area (Å²) in [5.41, 5.74) is 6.88. The fraction of sp³-hybridized carbons (Fsp3) is 0.409. The van der Waals surface area contributed by atoms with Crippen molar-refractivity contribution in [1.82, 2.24) is 15.1 Å². The second kappa shape index (κ2) is 6.44. The summed E-state index contributed by atoms with van der Waals surface area (Å²) in [7, 11) is 2.24. The minimum Gasteiger partial charge on any atom is -0.372 e. The van der Waals surface area contributed by atoms with Crippen molar-refractivity contribution in [1.29, 1.82) is 0 Å². The first kappa shape index (κ1) is 15.9. The molecular formula is C22H26N4. The molecule has 0 radical (unpaired) electrons. The van der Waals surface area contributed by atoms with Crippen LogP contribution in [0.25, 0.3) is 10.9 Å². The van der Waals surface area contributed by atoms with Crippen LogP contribution in [-0.2, 0) is 6.54 Å². The Kier molecular flexibility index (Phi) is 3.93. The molecule has 5 rings (SSSR count). The first-order valence-electron chi connectivity index (χ1n) is 9.77. The van der Waals surface area contributed by atoms with Crippen molar-refractivity contribution >= 4 is 16.6 Å². The Labute approximate surface area is 154 Å². The molecule has 1 aromatic heterocycles. The van der Waals surface area contributed by atoms with Crippen LogP contribution < -0.4 is 4.90 Å². The number of H-pyrrole nitrogens is 1. The van der Waals surface area contributed by atoms with Crippen LogP contribution in [0, 0.1) is 0 Å². The maximum Gasteiger partial charge on any atom is 0.0650 e. The predicted molar refractivity (Wildman–Crippen MR) is 107 cm³/mol. The zero-order chi connectivity index (χ0) is 17.5. The third-order valence-electron chi connectivity index (χ3n) is 6.02. The molecule has 1 unspecified atom stereocenters. The number of aromatic amines is 1. The molecule has 4 nitrogen and oxygen atoms in total. The van der Waals surface area contributed by atoms with Crippen LogP contribution in [0.1, 0.15) is 41.9 Å². The topological polar surface area (TPSA) is 35.2 Å². The van der Waals surface area contributed by atoms with E-state index in [0.29, 0.717) is 5.92 Å². The number of nitrogens with zero attached hydrogens (tertiary/aromatic N) is 3. The fourth-order valence-corrected chi connectivity index (χ4v) is 4.65. The Hall–Kier alpha value is -2.33. The fourth-order valence-electron chi connectivity index (χ4n) is 4.65. The standard InChI is InChI=1S/C22H26N4/c1-25-14-18-12-19(26-9-3-2-4-10-26)6-7-20(18)21(15-25)16-5-8-22-17(11-16)13-23-24-22/h5-8,11-13,21H,2-4,9-10,14-15H2,1H3,(H,23,24). The highest BCUT2D eigenvalue weighted by atomic mass is 15.1. The molecule has 1 fully saturated rings. The molecule has 0 bridgehead atoms. The normalized spacial score (nSPS) is 21.1. The Morgan fingerprint density at radius 2 is 1.92 bits per heavy atom. The van der Waals surface area contributed by atoms with Crippen LogP contribution in [0.3, 0.4) is 0 Å². The highest BCUT2D eigenvalue weighted by Crippen LogP contribution is 2.36. The average Bonchev–Trinajstić information content (AvgIpc) is 3.15. The van der Waals surface area contributed by atoms with Crippen LogP contribution in [0.2, 0.25) is 0 Å². The minimum atomic E-state index is 0.429. The molecule has 1 saturated heterocycles. The Bertz CT molecular complexity index is 923. The molecule has 0 aliphatic carbocycles. The lowest BCUT2D eigenvalue weighted by atomic mass is 9.84. The number of hydrogen-bond acceptors (Lipinski definition) is 3. The van der Waals surface area contributed by atoms with Gasteiger partial charge >= 0.3 is 0 Å². The van der Waals surface area contributed by atoms with Gasteiger partial charge in [0.1, 0.15) is 0 Å². The molecule has 0 amide bonds. The summed E-state index contributed by atoms with van der Waals surface area (Å²) >= 11 is 0. The van der Waals surface area contributed by atoms with E-state index in [2.05, 4.69) is 63.4 Å². The molecule has 26 heavy (non-hydrogen) atoms. The first-order valence-corrected chi connectivity index (χ1v) is 9.77. The van der Waals surface area contributed by atoms with E-state index in [1.807, 2.05) is 6.20 Å². The molecule has 0 saturated carbocycles. The van der Waals surface area contributed by atoms with Gasteiger partial charge in [-0.15, -0.1) is 0 Å². The zero-order valence-electron chi connectivity index (χ0n) is 15.4. The number of aromatic nitrogens is 2. The average molecular weight is 346 g/mol. The van der Waals surface area contributed by atoms with Crippen LogP contribution in [0.5, 0.6) is 0 Å². The van der Waals surface area contributed by atoms with Crippen LogP contribution in [0.4, 0.5) is 5.69 Å². The number of hydrogen-bond donors (Lipinski definition) is 1. The second-order valence-corrected chi connectivity index (χ2v) is 7.90. The molecule has 134 valence electrons. The summed E-state index contributed by atoms with van der Waals surface area (Å²) in [5, 5.41) is 8.42. The van der Waals surface area contributed by atoms with Gasteiger partial charge in [-0.25, -0.2) is 0 Å². The monoisotopic (exact) mass is 346 g/mol. The minimum absolute atomic E-state index is 0.429. The summed E-state index contributed by atoms with van der Waals surface area (Å²) in [4.78, 5) is 5.01. The van der Waals surface area contributed by atoms with Gasteiger partial charge in [0.2, 0.25) is 0 Å². The van der Waals surface area contributed by atoms with E-state index in [1.165, 1.54) is 60.1 Å². The van der Waals surface area contributed by atoms with Crippen LogP contribution in [-0.4, -0.2) is 41.8 Å². The smallest absolute Gasteiger partial charge is 0.0650 e. The highest BCUT2D eigenvalue weighted by Gasteiger charge is 2.26. The maximum absolute atomic E-state index is 4.17. The number of rotatable bonds is 2. The van der Waals surface area contributed by atoms with Crippen molar-refractivity contribution in [3.8, 4) is 0 Å². The van der Waals surface area contributed by atoms with Gasteiger partial charge in [0.15, 0.2) is 0 Å². The zero-order valence-corrected chi connectivity index (χ0v) is 15.4. The molecule has 2 aliphatic rings. The SMILES string of the molecule is CN1Cc2cc(N3CCCCC3)ccc2C(c2ccc3[nH]ncc3c2)C1. The van der Waals surface area contributed by atoms with Crippen LogP contribution >= 0.6 is 0 Å². The van der Waals surface area contributed by atoms with E-state index < -0.39 is 0 Å². The molecule has 3 heterocycles. The third kappa shape index (κ3) is 2.78. The Morgan fingerprint density at radius 3 is 2.81 bits per heavy atom. The van der Waals surface area contributed by atoms with Crippen molar-refractivity contribution in [3.05, 3.63) is 59.3 Å². The van der Waals surface area contributed by atoms with Crippen molar-refractivity contribution < 1.29 is 0 Å². The maximum atomic E-state index is 4.17. The molecule has 1 atom stereocenters. The molecule has 2 aromatic carbocycles. The van der Waals surface area contributed by atoms with Crippen LogP contribution in [0.15, 0.2) is 42.6 Å². The van der Waals surface area contributed by atoms with Crippen molar-refractivity contribution in [2.45, 2.75) is 31.7 Å². The van der Waals surface area contributed by atoms with E-state index in [4.69, 9.17) is 0 Å². The van der Waals surface area contributed by atoms with E-state index >= 15 is 0 Å². The predicted octanol–water partition coefficient (Wildman–Crippen LogP) is 4.13. The number of piperidine rings is 1. The molecule has 3 aromatic rings. The summed E-state index contributed by atoms with van der Waals surface area (Å²) in [6.07, 6.45) is 5.95. The van der Waals surface area contributed by atoms with Gasteiger partial charge in [-0.3, -0.25) is 5.10 Å². The Morgan fingerprint density at radius 1 is 1.04 bits per heavy atom. The van der Waals surface area contributed by atoms with Gasteiger partial charge in [0, 0.05) is 43.2 Å². The largest absolute Gasteiger partial charge is 0.372 e. The van der Waals surface area contributed by atoms with E-state index in [-0.39, 0.29) is 0 Å². The number of fused-ring (bicyclic) bond motifs is 2. The van der Waals surface area contributed by atoms with E-state index in [1.54, 1.807) is 0 Å². The van der Waals surface area contributed by atoms with Gasteiger partial charge in [0.05, 0.1) is 11.7 Å². The van der Waals surface area contributed by atoms with Crippen molar-refractivity contribution in [2.24, 2.45) is 0 Å². The van der Waals surface area contributed by atoms with Gasteiger partial charge in [-0.1, -0.05) is 12.1 Å². The molecular weight excluding hydrogens is 320 g/mol. The lowest BCUT2D eigenvalue weighted by Gasteiger charge is -2.35. The number of anilines is 1. The van der Waals surface area contributed by atoms with Gasteiger partial charge in [-0.05, 0) is 67.3 Å². The summed E-state index contributed by atoms with van der Waals surface area (Å²) in [6.45, 7) is 4.52. The second-order valence-electron chi connectivity index (χ2n) is 7.90. The Balaban J connectivity index is 1.52. The molecule has 1 N–H and O–H groups in total. The van der Waals surface area contributed by atoms with Gasteiger partial charge in [0.25, 0.3) is 0 Å². The molecule has 4 heteroatoms. The summed E-state index contributed by atoms with van der Waals surface area (Å²) in [6, 6.07) is 13.9. The molecule has 0 spiro atoms. The van der Waals surface area contributed by atoms with Gasteiger partial charge in [-0.2, -0.15) is 5.10 Å². The summed E-state index contributed by atoms with van der Waals surface area (Å²) < 4.78 is 0. The van der Waals surface area contributed by atoms with Gasteiger partial charge < -0.3 is 9.80 Å². The highest BCUT2D eigenvalue weighted by molar-refractivity contribution is 5.79. The van der Waals surface area contributed by atoms with E-state index in [9.17, 15) is 0 Å². The first-order chi connectivity index (χ1) is 12.8. The quantitative estimate of drug-likeness (QED) is 0.758. The number of likely N-dealkylation sites (N-methyl/N-ethyl adjacent to an activating group) is 1. The third-order valence-corrected chi connectivity index (χ3v) is 6.02. The lowest BCUT2D eigenvalue weighted by molar-refractivity contribution is 0.295. The van der Waals surface area contributed by atoms with Crippen molar-refractivity contribution in [3.63, 3.8) is 0 Å². The summed E-state index contributed by atoms with van der Waals surface area (Å²) in [5.74, 6) is 0.429.